The van der Waals surface area contributed by atoms with Gasteiger partial charge in [0.05, 0.1) is 12.6 Å². The van der Waals surface area contributed by atoms with Crippen LogP contribution in [0.1, 0.15) is 25.3 Å². The van der Waals surface area contributed by atoms with Gasteiger partial charge < -0.3 is 14.4 Å². The van der Waals surface area contributed by atoms with Crippen LogP contribution in [0.15, 0.2) is 18.2 Å². The van der Waals surface area contributed by atoms with E-state index in [2.05, 4.69) is 0 Å². The summed E-state index contributed by atoms with van der Waals surface area (Å²) in [5, 5.41) is 0. The van der Waals surface area contributed by atoms with E-state index < -0.39 is 0 Å². The maximum absolute atomic E-state index is 11.8. The molecular formula is C15H19NO3. The van der Waals surface area contributed by atoms with Gasteiger partial charge in [-0.05, 0) is 25.0 Å². The van der Waals surface area contributed by atoms with Crippen LogP contribution in [-0.2, 0) is 11.2 Å². The molecule has 1 fully saturated rings. The van der Waals surface area contributed by atoms with Crippen molar-refractivity contribution >= 4 is 5.91 Å². The van der Waals surface area contributed by atoms with E-state index in [-0.39, 0.29) is 11.4 Å². The van der Waals surface area contributed by atoms with Crippen molar-refractivity contribution in [1.82, 2.24) is 4.90 Å². The Morgan fingerprint density at radius 2 is 2.32 bits per heavy atom. The Morgan fingerprint density at radius 3 is 3.05 bits per heavy atom. The molecule has 1 aromatic carbocycles. The quantitative estimate of drug-likeness (QED) is 0.776. The zero-order valence-corrected chi connectivity index (χ0v) is 11.4. The Kier molecular flexibility index (Phi) is 2.88. The maximum Gasteiger partial charge on any atom is 0.220 e. The summed E-state index contributed by atoms with van der Waals surface area (Å²) in [5.41, 5.74) is 0.914. The van der Waals surface area contributed by atoms with Crippen molar-refractivity contribution < 1.29 is 14.3 Å². The van der Waals surface area contributed by atoms with E-state index >= 15 is 0 Å². The molecule has 4 heteroatoms. The van der Waals surface area contributed by atoms with E-state index in [1.807, 2.05) is 23.1 Å². The molecule has 0 saturated carbocycles. The number of amides is 1. The number of hydrogen-bond donors (Lipinski definition) is 0. The van der Waals surface area contributed by atoms with Gasteiger partial charge in [0.25, 0.3) is 0 Å². The van der Waals surface area contributed by atoms with Crippen LogP contribution in [0, 0.1) is 0 Å². The van der Waals surface area contributed by atoms with Gasteiger partial charge in [0.15, 0.2) is 0 Å². The van der Waals surface area contributed by atoms with E-state index in [0.717, 1.165) is 42.9 Å². The number of methoxy groups -OCH3 is 1. The Hall–Kier alpha value is -1.71. The number of hydrogen-bond acceptors (Lipinski definition) is 3. The number of nitrogens with zero attached hydrogens (tertiary/aromatic N) is 1. The molecule has 19 heavy (non-hydrogen) atoms. The van der Waals surface area contributed by atoms with E-state index in [0.29, 0.717) is 6.61 Å². The van der Waals surface area contributed by atoms with Crippen molar-refractivity contribution in [3.05, 3.63) is 23.8 Å². The second-order valence-corrected chi connectivity index (χ2v) is 5.40. The fraction of sp³-hybridized carbons (Fsp3) is 0.533. The molecule has 2 aliphatic heterocycles. The largest absolute Gasteiger partial charge is 0.496 e. The fourth-order valence-electron chi connectivity index (χ4n) is 3.40. The van der Waals surface area contributed by atoms with Crippen molar-refractivity contribution in [2.75, 3.05) is 20.3 Å². The Balaban J connectivity index is 1.99. The predicted molar refractivity (Wildman–Crippen MR) is 71.5 cm³/mol. The van der Waals surface area contributed by atoms with Crippen molar-refractivity contribution in [1.29, 1.82) is 0 Å². The zero-order valence-electron chi connectivity index (χ0n) is 11.4. The monoisotopic (exact) mass is 261 g/mol. The first kappa shape index (κ1) is 12.3. The average molecular weight is 261 g/mol. The van der Waals surface area contributed by atoms with Crippen molar-refractivity contribution in [2.24, 2.45) is 0 Å². The highest BCUT2D eigenvalue weighted by Gasteiger charge is 2.46. The molecule has 1 amide bonds. The second-order valence-electron chi connectivity index (χ2n) is 5.40. The molecule has 2 heterocycles. The minimum absolute atomic E-state index is 0.138. The molecule has 102 valence electrons. The summed E-state index contributed by atoms with van der Waals surface area (Å²) in [6, 6.07) is 5.86. The van der Waals surface area contributed by atoms with E-state index in [1.54, 1.807) is 14.0 Å². The fourth-order valence-corrected chi connectivity index (χ4v) is 3.40. The lowest BCUT2D eigenvalue weighted by atomic mass is 9.86. The highest BCUT2D eigenvalue weighted by atomic mass is 16.5. The lowest BCUT2D eigenvalue weighted by molar-refractivity contribution is -0.134. The van der Waals surface area contributed by atoms with Crippen molar-refractivity contribution in [2.45, 2.75) is 31.7 Å². The van der Waals surface area contributed by atoms with Crippen LogP contribution in [0.5, 0.6) is 11.5 Å². The molecule has 3 rings (SSSR count). The molecule has 1 saturated heterocycles. The molecule has 0 radical (unpaired) electrons. The third kappa shape index (κ3) is 1.86. The van der Waals surface area contributed by atoms with Crippen LogP contribution in [0.3, 0.4) is 0 Å². The number of fused-ring (bicyclic) bond motifs is 1. The van der Waals surface area contributed by atoms with Gasteiger partial charge in [-0.25, -0.2) is 0 Å². The maximum atomic E-state index is 11.8. The van der Waals surface area contributed by atoms with Crippen LogP contribution in [0.2, 0.25) is 0 Å². The van der Waals surface area contributed by atoms with Gasteiger partial charge >= 0.3 is 0 Å². The first-order valence-electron chi connectivity index (χ1n) is 6.73. The van der Waals surface area contributed by atoms with Crippen LogP contribution in [-0.4, -0.2) is 36.6 Å². The molecular weight excluding hydrogens is 242 g/mol. The highest BCUT2D eigenvalue weighted by Crippen LogP contribution is 2.42. The lowest BCUT2D eigenvalue weighted by Gasteiger charge is -2.41. The normalized spacial score (nSPS) is 25.1. The van der Waals surface area contributed by atoms with Crippen LogP contribution < -0.4 is 9.47 Å². The summed E-state index contributed by atoms with van der Waals surface area (Å²) in [6.07, 6.45) is 2.88. The molecule has 0 unspecified atom stereocenters. The standard InChI is InChI=1S/C15H19NO3/c1-11(17)16-8-4-7-15(16)9-12-13(18-2)5-3-6-14(12)19-10-15/h3,5-6H,4,7-10H2,1-2H3/t15-/m1/s1. The minimum atomic E-state index is -0.173. The molecule has 4 nitrogen and oxygen atoms in total. The van der Waals surface area contributed by atoms with Gasteiger partial charge in [0.2, 0.25) is 5.91 Å². The summed E-state index contributed by atoms with van der Waals surface area (Å²) >= 11 is 0. The lowest BCUT2D eigenvalue weighted by Crippen LogP contribution is -2.53. The predicted octanol–water partition coefficient (Wildman–Crippen LogP) is 2.01. The number of ether oxygens (including phenoxy) is 2. The molecule has 2 aliphatic rings. The van der Waals surface area contributed by atoms with Gasteiger partial charge in [-0.15, -0.1) is 0 Å². The van der Waals surface area contributed by atoms with Gasteiger partial charge in [-0.2, -0.15) is 0 Å². The SMILES string of the molecule is COc1cccc2c1C[C@]1(CCCN1C(C)=O)CO2. The molecule has 0 bridgehead atoms. The number of likely N-dealkylation sites (tertiary alicyclic amines) is 1. The Labute approximate surface area is 113 Å². The van der Waals surface area contributed by atoms with E-state index in [9.17, 15) is 4.79 Å². The zero-order chi connectivity index (χ0) is 13.5. The van der Waals surface area contributed by atoms with Crippen LogP contribution >= 0.6 is 0 Å². The average Bonchev–Trinajstić information content (AvgIpc) is 2.81. The summed E-state index contributed by atoms with van der Waals surface area (Å²) < 4.78 is 11.3. The van der Waals surface area contributed by atoms with Crippen molar-refractivity contribution in [3.8, 4) is 11.5 Å². The number of carbonyl (C=O) groups is 1. The second kappa shape index (κ2) is 4.44. The van der Waals surface area contributed by atoms with Gasteiger partial charge in [0, 0.05) is 25.5 Å². The van der Waals surface area contributed by atoms with Crippen LogP contribution in [0.25, 0.3) is 0 Å². The number of benzene rings is 1. The minimum Gasteiger partial charge on any atom is -0.496 e. The topological polar surface area (TPSA) is 38.8 Å². The summed E-state index contributed by atoms with van der Waals surface area (Å²) in [7, 11) is 1.67. The van der Waals surface area contributed by atoms with Crippen molar-refractivity contribution in [3.63, 3.8) is 0 Å². The molecule has 1 spiro atoms. The van der Waals surface area contributed by atoms with Gasteiger partial charge in [-0.3, -0.25) is 4.79 Å². The third-order valence-electron chi connectivity index (χ3n) is 4.29. The summed E-state index contributed by atoms with van der Waals surface area (Å²) in [4.78, 5) is 13.8. The smallest absolute Gasteiger partial charge is 0.220 e. The molecule has 1 aromatic rings. The molecule has 0 aromatic heterocycles. The van der Waals surface area contributed by atoms with E-state index in [1.165, 1.54) is 0 Å². The molecule has 1 atom stereocenters. The van der Waals surface area contributed by atoms with E-state index in [4.69, 9.17) is 9.47 Å². The molecule has 0 aliphatic carbocycles. The summed E-state index contributed by atoms with van der Waals surface area (Å²) in [6.45, 7) is 3.07. The highest BCUT2D eigenvalue weighted by molar-refractivity contribution is 5.75. The van der Waals surface area contributed by atoms with Gasteiger partial charge in [0.1, 0.15) is 18.1 Å². The first-order valence-corrected chi connectivity index (χ1v) is 6.73. The summed E-state index contributed by atoms with van der Waals surface area (Å²) in [5.74, 6) is 1.88. The third-order valence-corrected chi connectivity index (χ3v) is 4.29. The van der Waals surface area contributed by atoms with Crippen LogP contribution in [0.4, 0.5) is 0 Å². The number of rotatable bonds is 1. The molecule has 0 N–H and O–H groups in total. The van der Waals surface area contributed by atoms with Gasteiger partial charge in [-0.1, -0.05) is 6.07 Å². The Morgan fingerprint density at radius 1 is 1.47 bits per heavy atom. The Bertz CT molecular complexity index is 500. The first-order chi connectivity index (χ1) is 9.16. The number of carbonyl (C=O) groups excluding carboxylic acids is 1.